The summed E-state index contributed by atoms with van der Waals surface area (Å²) in [6.07, 6.45) is -1.03. The number of aryl methyl sites for hydroxylation is 2. The molecule has 2 amide bonds. The van der Waals surface area contributed by atoms with Crippen molar-refractivity contribution in [2.75, 3.05) is 10.6 Å². The first-order chi connectivity index (χ1) is 12.5. The van der Waals surface area contributed by atoms with Gasteiger partial charge in [0.2, 0.25) is 11.8 Å². The molecule has 9 heteroatoms. The monoisotopic (exact) mass is 393 g/mol. The summed E-state index contributed by atoms with van der Waals surface area (Å²) in [6, 6.07) is 3.26. The van der Waals surface area contributed by atoms with Gasteiger partial charge in [0, 0.05) is 11.5 Å². The summed E-state index contributed by atoms with van der Waals surface area (Å²) in [5.74, 6) is -1.14. The van der Waals surface area contributed by atoms with Crippen molar-refractivity contribution in [3.63, 3.8) is 0 Å². The summed E-state index contributed by atoms with van der Waals surface area (Å²) in [6.45, 7) is 10.3. The second-order valence-electron chi connectivity index (χ2n) is 7.20. The number of hydrogen-bond donors (Lipinski definition) is 2. The maximum atomic E-state index is 12.4. The fraction of sp³-hybridized carbons (Fsp3) is 0.444. The number of nitrogens with zero attached hydrogens (tertiary/aromatic N) is 1. The Kier molecular flexibility index (Phi) is 6.04. The van der Waals surface area contributed by atoms with Gasteiger partial charge in [-0.05, 0) is 32.4 Å². The van der Waals surface area contributed by atoms with E-state index in [0.717, 1.165) is 11.3 Å². The number of esters is 1. The lowest BCUT2D eigenvalue weighted by molar-refractivity contribution is -0.124. The number of carbonyl (C=O) groups excluding carboxylic acids is 3. The van der Waals surface area contributed by atoms with Gasteiger partial charge in [-0.3, -0.25) is 14.9 Å². The van der Waals surface area contributed by atoms with E-state index in [4.69, 9.17) is 9.26 Å². The first-order valence-electron chi connectivity index (χ1n) is 8.34. The van der Waals surface area contributed by atoms with E-state index < -0.39 is 23.4 Å². The molecule has 0 aliphatic heterocycles. The lowest BCUT2D eigenvalue weighted by atomic mass is 9.96. The minimum atomic E-state index is -1.03. The number of amides is 2. The van der Waals surface area contributed by atoms with E-state index in [1.54, 1.807) is 46.8 Å². The molecule has 0 spiro atoms. The maximum absolute atomic E-state index is 12.4. The summed E-state index contributed by atoms with van der Waals surface area (Å²) in [5.41, 5.74) is 0.728. The number of ether oxygens (including phenoxy) is 1. The second kappa shape index (κ2) is 7.91. The quantitative estimate of drug-likeness (QED) is 0.752. The number of rotatable bonds is 5. The summed E-state index contributed by atoms with van der Waals surface area (Å²) < 4.78 is 10.1. The highest BCUT2D eigenvalue weighted by Crippen LogP contribution is 2.29. The summed E-state index contributed by atoms with van der Waals surface area (Å²) in [7, 11) is 0. The van der Waals surface area contributed by atoms with E-state index >= 15 is 0 Å². The Morgan fingerprint density at radius 2 is 1.85 bits per heavy atom. The molecular formula is C18H23N3O5S. The van der Waals surface area contributed by atoms with Crippen LogP contribution in [-0.2, 0) is 14.3 Å². The molecule has 0 radical (unpaired) electrons. The highest BCUT2D eigenvalue weighted by molar-refractivity contribution is 7.18. The molecule has 2 heterocycles. The van der Waals surface area contributed by atoms with Crippen LogP contribution >= 0.6 is 11.3 Å². The Morgan fingerprint density at radius 3 is 2.41 bits per heavy atom. The zero-order valence-electron chi connectivity index (χ0n) is 16.1. The number of hydrogen-bond acceptors (Lipinski definition) is 7. The van der Waals surface area contributed by atoms with Crippen molar-refractivity contribution in [2.24, 2.45) is 5.41 Å². The zero-order chi connectivity index (χ0) is 20.4. The van der Waals surface area contributed by atoms with Crippen LogP contribution in [0.1, 0.15) is 48.6 Å². The average molecular weight is 393 g/mol. The molecule has 27 heavy (non-hydrogen) atoms. The van der Waals surface area contributed by atoms with Gasteiger partial charge in [0.05, 0.1) is 10.7 Å². The third kappa shape index (κ3) is 5.40. The number of nitrogens with one attached hydrogen (secondary N) is 2. The van der Waals surface area contributed by atoms with Gasteiger partial charge in [0.25, 0.3) is 5.91 Å². The second-order valence-corrected chi connectivity index (χ2v) is 8.25. The van der Waals surface area contributed by atoms with Crippen molar-refractivity contribution in [1.82, 2.24) is 5.16 Å². The van der Waals surface area contributed by atoms with E-state index in [0.29, 0.717) is 21.1 Å². The van der Waals surface area contributed by atoms with E-state index in [2.05, 4.69) is 15.8 Å². The lowest BCUT2D eigenvalue weighted by Crippen LogP contribution is -2.29. The van der Waals surface area contributed by atoms with Crippen molar-refractivity contribution in [3.8, 4) is 0 Å². The molecule has 0 aromatic carbocycles. The van der Waals surface area contributed by atoms with Crippen molar-refractivity contribution < 1.29 is 23.6 Å². The van der Waals surface area contributed by atoms with Crippen molar-refractivity contribution in [3.05, 3.63) is 28.3 Å². The molecular weight excluding hydrogens is 370 g/mol. The third-order valence-corrected chi connectivity index (χ3v) is 4.68. The van der Waals surface area contributed by atoms with Crippen LogP contribution in [0.2, 0.25) is 0 Å². The minimum Gasteiger partial charge on any atom is -0.448 e. The predicted molar refractivity (Wildman–Crippen MR) is 102 cm³/mol. The van der Waals surface area contributed by atoms with E-state index in [1.165, 1.54) is 6.92 Å². The number of aromatic nitrogens is 1. The third-order valence-electron chi connectivity index (χ3n) is 3.55. The van der Waals surface area contributed by atoms with Gasteiger partial charge in [0.15, 0.2) is 6.10 Å². The summed E-state index contributed by atoms with van der Waals surface area (Å²) in [4.78, 5) is 36.9. The van der Waals surface area contributed by atoms with Gasteiger partial charge in [0.1, 0.15) is 4.88 Å². The fourth-order valence-corrected chi connectivity index (χ4v) is 2.91. The Bertz CT molecular complexity index is 863. The van der Waals surface area contributed by atoms with Crippen molar-refractivity contribution in [2.45, 2.75) is 47.6 Å². The van der Waals surface area contributed by atoms with Crippen LogP contribution in [0.3, 0.4) is 0 Å². The molecule has 0 saturated heterocycles. The van der Waals surface area contributed by atoms with Gasteiger partial charge in [-0.25, -0.2) is 4.79 Å². The van der Waals surface area contributed by atoms with E-state index in [9.17, 15) is 14.4 Å². The summed E-state index contributed by atoms with van der Waals surface area (Å²) in [5, 5.41) is 9.48. The first kappa shape index (κ1) is 20.6. The zero-order valence-corrected chi connectivity index (χ0v) is 16.9. The minimum absolute atomic E-state index is 0.154. The predicted octanol–water partition coefficient (Wildman–Crippen LogP) is 3.52. The maximum Gasteiger partial charge on any atom is 0.349 e. The Morgan fingerprint density at radius 1 is 1.19 bits per heavy atom. The van der Waals surface area contributed by atoms with Gasteiger partial charge in [-0.15, -0.1) is 11.3 Å². The van der Waals surface area contributed by atoms with Crippen LogP contribution in [0, 0.1) is 19.3 Å². The number of thiophene rings is 1. The van der Waals surface area contributed by atoms with Gasteiger partial charge in [-0.1, -0.05) is 25.9 Å². The van der Waals surface area contributed by atoms with E-state index in [1.807, 2.05) is 0 Å². The van der Waals surface area contributed by atoms with Gasteiger partial charge < -0.3 is 14.6 Å². The Balaban J connectivity index is 2.00. The van der Waals surface area contributed by atoms with Crippen LogP contribution in [-0.4, -0.2) is 29.0 Å². The smallest absolute Gasteiger partial charge is 0.349 e. The molecule has 0 fully saturated rings. The Labute approximate surface area is 161 Å². The molecule has 1 atom stereocenters. The molecule has 2 aromatic heterocycles. The Hall–Kier alpha value is -2.68. The molecule has 0 bridgehead atoms. The largest absolute Gasteiger partial charge is 0.448 e. The van der Waals surface area contributed by atoms with Crippen molar-refractivity contribution in [1.29, 1.82) is 0 Å². The van der Waals surface area contributed by atoms with Crippen LogP contribution in [0.4, 0.5) is 10.9 Å². The highest BCUT2D eigenvalue weighted by Gasteiger charge is 2.25. The summed E-state index contributed by atoms with van der Waals surface area (Å²) >= 11 is 1.11. The first-order valence-corrected chi connectivity index (χ1v) is 9.16. The average Bonchev–Trinajstić information content (AvgIpc) is 3.11. The topological polar surface area (TPSA) is 111 Å². The fourth-order valence-electron chi connectivity index (χ4n) is 1.96. The molecule has 2 aromatic rings. The standard InChI is InChI=1S/C18H23N3O5S/c1-9-7-13(20-17(24)18(4,5)6)27-14(9)16(23)25-11(3)15(22)19-12-8-10(2)21-26-12/h7-8,11H,1-6H3,(H,19,22)(H,20,24). The van der Waals surface area contributed by atoms with Crippen LogP contribution in [0.15, 0.2) is 16.7 Å². The van der Waals surface area contributed by atoms with Crippen LogP contribution in [0.25, 0.3) is 0 Å². The normalized spacial score (nSPS) is 12.4. The highest BCUT2D eigenvalue weighted by atomic mass is 32.1. The SMILES string of the molecule is Cc1cc(NC(=O)C(C)OC(=O)c2sc(NC(=O)C(C)(C)C)cc2C)on1. The molecule has 1 unspecified atom stereocenters. The molecule has 2 rings (SSSR count). The van der Waals surface area contributed by atoms with Gasteiger partial charge >= 0.3 is 5.97 Å². The molecule has 146 valence electrons. The molecule has 0 saturated carbocycles. The molecule has 0 aliphatic rings. The molecule has 0 aliphatic carbocycles. The molecule has 2 N–H and O–H groups in total. The van der Waals surface area contributed by atoms with Crippen LogP contribution in [0.5, 0.6) is 0 Å². The lowest BCUT2D eigenvalue weighted by Gasteiger charge is -2.16. The molecule has 8 nitrogen and oxygen atoms in total. The number of carbonyl (C=O) groups is 3. The van der Waals surface area contributed by atoms with E-state index in [-0.39, 0.29) is 11.8 Å². The van der Waals surface area contributed by atoms with Gasteiger partial charge in [-0.2, -0.15) is 0 Å². The number of anilines is 2. The van der Waals surface area contributed by atoms with Crippen LogP contribution < -0.4 is 10.6 Å². The van der Waals surface area contributed by atoms with Crippen molar-refractivity contribution >= 4 is 40.0 Å².